The lowest BCUT2D eigenvalue weighted by molar-refractivity contribution is 0.981. The Balaban J connectivity index is 3.23. The first-order valence-corrected chi connectivity index (χ1v) is 2.72. The van der Waals surface area contributed by atoms with E-state index < -0.39 is 0 Å². The highest BCUT2D eigenvalue weighted by atomic mass is 14.7. The van der Waals surface area contributed by atoms with E-state index in [1.807, 2.05) is 0 Å². The van der Waals surface area contributed by atoms with Gasteiger partial charge >= 0.3 is 0 Å². The number of nitrogens with zero attached hydrogens (tertiary/aromatic N) is 2. The summed E-state index contributed by atoms with van der Waals surface area (Å²) < 4.78 is 0. The van der Waals surface area contributed by atoms with Crippen LogP contribution in [0.25, 0.3) is 0 Å². The Labute approximate surface area is 55.0 Å². The van der Waals surface area contributed by atoms with Gasteiger partial charge in [-0.15, -0.1) is 0 Å². The van der Waals surface area contributed by atoms with Crippen LogP contribution < -0.4 is 5.73 Å². The molecule has 3 nitrogen and oxygen atoms in total. The second kappa shape index (κ2) is 7.04. The van der Waals surface area contributed by atoms with Crippen LogP contribution in [-0.4, -0.2) is 26.0 Å². The zero-order chi connectivity index (χ0) is 6.95. The second-order valence-corrected chi connectivity index (χ2v) is 1.37. The van der Waals surface area contributed by atoms with Gasteiger partial charge in [-0.1, -0.05) is 0 Å². The lowest BCUT2D eigenvalue weighted by atomic mass is 10.6. The Bertz CT molecular complexity index is 115. The van der Waals surface area contributed by atoms with E-state index in [2.05, 4.69) is 16.7 Å². The summed E-state index contributed by atoms with van der Waals surface area (Å²) in [6.07, 6.45) is 4.93. The Kier molecular flexibility index (Phi) is 6.29. The smallest absolute Gasteiger partial charge is 0.0512 e. The molecular formula is C6H11N3. The molecule has 3 heteroatoms. The minimum absolute atomic E-state index is 0.589. The molecule has 0 saturated heterocycles. The summed E-state index contributed by atoms with van der Waals surface area (Å²) in [6.45, 7) is 4.51. The standard InChI is InChI=1S/C6H11N3/c1-8-4-2-5-9-6-3-7/h2,4-5H,1,3,6-7H2/b4-2-,9-5?. The summed E-state index contributed by atoms with van der Waals surface area (Å²) in [7, 11) is 0. The van der Waals surface area contributed by atoms with Crippen molar-refractivity contribution in [2.24, 2.45) is 15.7 Å². The third kappa shape index (κ3) is 7.04. The molecular weight excluding hydrogens is 114 g/mol. The maximum absolute atomic E-state index is 5.17. The van der Waals surface area contributed by atoms with E-state index in [9.17, 15) is 0 Å². The maximum atomic E-state index is 5.17. The molecule has 0 aromatic heterocycles. The fourth-order valence-electron chi connectivity index (χ4n) is 0.309. The predicted octanol–water partition coefficient (Wildman–Crippen LogP) is 0.230. The van der Waals surface area contributed by atoms with Gasteiger partial charge in [-0.25, -0.2) is 0 Å². The molecule has 9 heavy (non-hydrogen) atoms. The molecule has 0 aromatic carbocycles. The third-order valence-electron chi connectivity index (χ3n) is 0.641. The van der Waals surface area contributed by atoms with Gasteiger partial charge in [0.2, 0.25) is 0 Å². The molecule has 2 N–H and O–H groups in total. The minimum atomic E-state index is 0.589. The normalized spacial score (nSPS) is 11.2. The first kappa shape index (κ1) is 8.04. The summed E-state index contributed by atoms with van der Waals surface area (Å²) in [5.41, 5.74) is 5.17. The number of nitrogens with two attached hydrogens (primary N) is 1. The fourth-order valence-corrected chi connectivity index (χ4v) is 0.309. The van der Waals surface area contributed by atoms with Crippen LogP contribution in [0, 0.1) is 0 Å². The fraction of sp³-hybridized carbons (Fsp3) is 0.333. The number of rotatable bonds is 4. The quantitative estimate of drug-likeness (QED) is 0.537. The highest BCUT2D eigenvalue weighted by Gasteiger charge is 1.67. The van der Waals surface area contributed by atoms with Gasteiger partial charge in [0.25, 0.3) is 0 Å². The van der Waals surface area contributed by atoms with Crippen molar-refractivity contribution in [3.05, 3.63) is 12.3 Å². The topological polar surface area (TPSA) is 50.7 Å². The minimum Gasteiger partial charge on any atom is -0.329 e. The number of aliphatic imine (C=N–C) groups is 2. The molecule has 0 heterocycles. The van der Waals surface area contributed by atoms with E-state index >= 15 is 0 Å². The molecule has 0 aromatic rings. The number of hydrogen-bond donors (Lipinski definition) is 1. The van der Waals surface area contributed by atoms with Gasteiger partial charge < -0.3 is 5.73 Å². The van der Waals surface area contributed by atoms with E-state index in [-0.39, 0.29) is 0 Å². The zero-order valence-corrected chi connectivity index (χ0v) is 5.33. The molecule has 0 bridgehead atoms. The van der Waals surface area contributed by atoms with Crippen LogP contribution in [0.2, 0.25) is 0 Å². The lowest BCUT2D eigenvalue weighted by Crippen LogP contribution is -2.01. The Morgan fingerprint density at radius 1 is 1.56 bits per heavy atom. The largest absolute Gasteiger partial charge is 0.329 e. The summed E-state index contributed by atoms with van der Waals surface area (Å²) in [4.78, 5) is 7.38. The highest BCUT2D eigenvalue weighted by Crippen LogP contribution is 1.68. The first-order valence-electron chi connectivity index (χ1n) is 2.72. The van der Waals surface area contributed by atoms with Crippen LogP contribution in [0.3, 0.4) is 0 Å². The third-order valence-corrected chi connectivity index (χ3v) is 0.641. The highest BCUT2D eigenvalue weighted by molar-refractivity contribution is 5.70. The average molecular weight is 125 g/mol. The van der Waals surface area contributed by atoms with Crippen LogP contribution >= 0.6 is 0 Å². The van der Waals surface area contributed by atoms with E-state index in [0.29, 0.717) is 13.1 Å². The van der Waals surface area contributed by atoms with Crippen molar-refractivity contribution in [3.63, 3.8) is 0 Å². The van der Waals surface area contributed by atoms with Crippen LogP contribution in [0.4, 0.5) is 0 Å². The van der Waals surface area contributed by atoms with Crippen molar-refractivity contribution in [3.8, 4) is 0 Å². The molecule has 0 radical (unpaired) electrons. The summed E-state index contributed by atoms with van der Waals surface area (Å²) in [6, 6.07) is 0. The Hall–Kier alpha value is -0.960. The summed E-state index contributed by atoms with van der Waals surface area (Å²) in [5, 5.41) is 0. The summed E-state index contributed by atoms with van der Waals surface area (Å²) in [5.74, 6) is 0. The van der Waals surface area contributed by atoms with Crippen LogP contribution in [-0.2, 0) is 0 Å². The SMILES string of the molecule is C=N/C=C\C=NCCN. The van der Waals surface area contributed by atoms with Gasteiger partial charge in [-0.3, -0.25) is 9.98 Å². The van der Waals surface area contributed by atoms with Crippen molar-refractivity contribution in [2.45, 2.75) is 0 Å². The maximum Gasteiger partial charge on any atom is 0.0512 e. The lowest BCUT2D eigenvalue weighted by Gasteiger charge is -1.80. The molecule has 0 rings (SSSR count). The summed E-state index contributed by atoms with van der Waals surface area (Å²) >= 11 is 0. The molecule has 0 amide bonds. The first-order chi connectivity index (χ1) is 4.41. The van der Waals surface area contributed by atoms with Gasteiger partial charge in [-0.2, -0.15) is 0 Å². The van der Waals surface area contributed by atoms with Crippen molar-refractivity contribution >= 4 is 12.9 Å². The van der Waals surface area contributed by atoms with Gasteiger partial charge in [0.05, 0.1) is 6.54 Å². The number of allylic oxidation sites excluding steroid dienone is 1. The average Bonchev–Trinajstić information content (AvgIpc) is 1.89. The van der Waals surface area contributed by atoms with Crippen molar-refractivity contribution in [1.29, 1.82) is 0 Å². The molecule has 0 unspecified atom stereocenters. The van der Waals surface area contributed by atoms with Crippen LogP contribution in [0.1, 0.15) is 0 Å². The molecule has 0 aliphatic rings. The van der Waals surface area contributed by atoms with Crippen molar-refractivity contribution in [1.82, 2.24) is 0 Å². The molecule has 50 valence electrons. The van der Waals surface area contributed by atoms with Gasteiger partial charge in [-0.05, 0) is 12.8 Å². The van der Waals surface area contributed by atoms with E-state index in [4.69, 9.17) is 5.73 Å². The van der Waals surface area contributed by atoms with Crippen LogP contribution in [0.15, 0.2) is 22.3 Å². The molecule has 0 atom stereocenters. The van der Waals surface area contributed by atoms with Gasteiger partial charge in [0.15, 0.2) is 0 Å². The Morgan fingerprint density at radius 3 is 2.89 bits per heavy atom. The number of hydrogen-bond acceptors (Lipinski definition) is 3. The van der Waals surface area contributed by atoms with Crippen LogP contribution in [0.5, 0.6) is 0 Å². The zero-order valence-electron chi connectivity index (χ0n) is 5.33. The molecule has 0 saturated carbocycles. The Morgan fingerprint density at radius 2 is 2.33 bits per heavy atom. The second-order valence-electron chi connectivity index (χ2n) is 1.37. The molecule has 0 aliphatic carbocycles. The van der Waals surface area contributed by atoms with Gasteiger partial charge in [0.1, 0.15) is 0 Å². The predicted molar refractivity (Wildman–Crippen MR) is 41.1 cm³/mol. The molecule has 0 aliphatic heterocycles. The van der Waals surface area contributed by atoms with Crippen molar-refractivity contribution < 1.29 is 0 Å². The van der Waals surface area contributed by atoms with E-state index in [1.54, 1.807) is 18.5 Å². The monoisotopic (exact) mass is 125 g/mol. The molecule has 0 spiro atoms. The molecule has 0 fully saturated rings. The van der Waals surface area contributed by atoms with Crippen molar-refractivity contribution in [2.75, 3.05) is 13.1 Å². The van der Waals surface area contributed by atoms with Gasteiger partial charge in [0, 0.05) is 19.0 Å². The van der Waals surface area contributed by atoms with E-state index in [0.717, 1.165) is 0 Å². The van der Waals surface area contributed by atoms with E-state index in [1.165, 1.54) is 0 Å².